The summed E-state index contributed by atoms with van der Waals surface area (Å²) in [4.78, 5) is 24.6. The second-order valence-corrected chi connectivity index (χ2v) is 22.5. The van der Waals surface area contributed by atoms with Crippen molar-refractivity contribution < 1.29 is 24.5 Å². The number of allylic oxidation sites excluding steroid dienone is 2. The third-order valence-electron chi connectivity index (χ3n) is 15.3. The van der Waals surface area contributed by atoms with Gasteiger partial charge in [0, 0.05) is 12.8 Å². The third-order valence-corrected chi connectivity index (χ3v) is 15.3. The molecule has 71 heavy (non-hydrogen) atoms. The fraction of sp³-hybridized carbons (Fsp3) is 0.938. The van der Waals surface area contributed by atoms with Crippen molar-refractivity contribution in [1.82, 2.24) is 5.32 Å². The third kappa shape index (κ3) is 57.7. The largest absolute Gasteiger partial charge is 0.466 e. The lowest BCUT2D eigenvalue weighted by molar-refractivity contribution is -0.143. The Balaban J connectivity index is 3.46. The van der Waals surface area contributed by atoms with Gasteiger partial charge in [-0.2, -0.15) is 0 Å². The Kier molecular flexibility index (Phi) is 59.9. The fourth-order valence-corrected chi connectivity index (χ4v) is 10.3. The van der Waals surface area contributed by atoms with Crippen LogP contribution in [0.4, 0.5) is 0 Å². The van der Waals surface area contributed by atoms with Gasteiger partial charge in [0.1, 0.15) is 0 Å². The van der Waals surface area contributed by atoms with Crippen molar-refractivity contribution in [2.45, 2.75) is 379 Å². The normalized spacial score (nSPS) is 12.6. The van der Waals surface area contributed by atoms with E-state index < -0.39 is 12.1 Å². The average Bonchev–Trinajstić information content (AvgIpc) is 3.37. The van der Waals surface area contributed by atoms with Crippen molar-refractivity contribution in [3.63, 3.8) is 0 Å². The predicted molar refractivity (Wildman–Crippen MR) is 310 cm³/mol. The van der Waals surface area contributed by atoms with Gasteiger partial charge in [0.05, 0.1) is 25.4 Å². The number of esters is 1. The van der Waals surface area contributed by atoms with Crippen molar-refractivity contribution in [3.05, 3.63) is 12.2 Å². The minimum Gasteiger partial charge on any atom is -0.466 e. The summed E-state index contributed by atoms with van der Waals surface area (Å²) < 4.78 is 5.47. The molecule has 6 nitrogen and oxygen atoms in total. The van der Waals surface area contributed by atoms with Gasteiger partial charge in [0.25, 0.3) is 0 Å². The first-order chi connectivity index (χ1) is 35.0. The van der Waals surface area contributed by atoms with Gasteiger partial charge in [-0.05, 0) is 51.4 Å². The van der Waals surface area contributed by atoms with E-state index in [1.165, 1.54) is 257 Å². The van der Waals surface area contributed by atoms with Crippen molar-refractivity contribution in [3.8, 4) is 0 Å². The summed E-state index contributed by atoms with van der Waals surface area (Å²) >= 11 is 0. The molecule has 0 rings (SSSR count). The second-order valence-electron chi connectivity index (χ2n) is 22.5. The molecule has 0 aromatic carbocycles. The molecule has 0 saturated heterocycles. The van der Waals surface area contributed by atoms with Crippen LogP contribution in [0.25, 0.3) is 0 Å². The second kappa shape index (κ2) is 61.1. The van der Waals surface area contributed by atoms with Gasteiger partial charge < -0.3 is 20.3 Å². The van der Waals surface area contributed by atoms with E-state index in [1.54, 1.807) is 0 Å². The first-order valence-corrected chi connectivity index (χ1v) is 32.4. The average molecular weight is 1000 g/mol. The molecule has 0 aromatic heterocycles. The molecule has 0 aliphatic heterocycles. The summed E-state index contributed by atoms with van der Waals surface area (Å²) in [5, 5.41) is 23.4. The monoisotopic (exact) mass is 1000 g/mol. The Morgan fingerprint density at radius 3 is 1.00 bits per heavy atom. The fourth-order valence-electron chi connectivity index (χ4n) is 10.3. The molecule has 0 aliphatic carbocycles. The number of carbonyl (C=O) groups is 2. The zero-order valence-electron chi connectivity index (χ0n) is 48.2. The Morgan fingerprint density at radius 2 is 0.662 bits per heavy atom. The highest BCUT2D eigenvalue weighted by molar-refractivity contribution is 5.76. The van der Waals surface area contributed by atoms with E-state index in [2.05, 4.69) is 31.3 Å². The first-order valence-electron chi connectivity index (χ1n) is 32.4. The highest BCUT2D eigenvalue weighted by Gasteiger charge is 2.20. The minimum atomic E-state index is -0.683. The summed E-state index contributed by atoms with van der Waals surface area (Å²) in [5.74, 6) is -0.0838. The summed E-state index contributed by atoms with van der Waals surface area (Å²) in [6, 6.07) is -0.563. The van der Waals surface area contributed by atoms with E-state index in [9.17, 15) is 19.8 Å². The van der Waals surface area contributed by atoms with Crippen LogP contribution in [0.1, 0.15) is 367 Å². The van der Waals surface area contributed by atoms with Crippen LogP contribution in [0.15, 0.2) is 12.2 Å². The molecule has 422 valence electrons. The van der Waals surface area contributed by atoms with Gasteiger partial charge in [-0.1, -0.05) is 315 Å². The van der Waals surface area contributed by atoms with E-state index in [4.69, 9.17) is 4.74 Å². The van der Waals surface area contributed by atoms with Gasteiger partial charge in [0.2, 0.25) is 5.91 Å². The number of aliphatic hydroxyl groups excluding tert-OH is 2. The van der Waals surface area contributed by atoms with Crippen LogP contribution in [0.5, 0.6) is 0 Å². The van der Waals surface area contributed by atoms with Crippen molar-refractivity contribution in [2.24, 2.45) is 0 Å². The maximum Gasteiger partial charge on any atom is 0.305 e. The Hall–Kier alpha value is -1.40. The van der Waals surface area contributed by atoms with Crippen LogP contribution in [0.2, 0.25) is 0 Å². The number of hydrogen-bond acceptors (Lipinski definition) is 5. The number of aliphatic hydroxyl groups is 2. The van der Waals surface area contributed by atoms with Crippen LogP contribution >= 0.6 is 0 Å². The lowest BCUT2D eigenvalue weighted by atomic mass is 10.0. The minimum absolute atomic E-state index is 0.0248. The Morgan fingerprint density at radius 1 is 0.380 bits per heavy atom. The van der Waals surface area contributed by atoms with E-state index in [0.717, 1.165) is 77.0 Å². The van der Waals surface area contributed by atoms with Crippen molar-refractivity contribution >= 4 is 11.9 Å². The molecule has 0 bridgehead atoms. The number of nitrogens with one attached hydrogen (secondary N) is 1. The van der Waals surface area contributed by atoms with Crippen molar-refractivity contribution in [1.29, 1.82) is 0 Å². The quantitative estimate of drug-likeness (QED) is 0.0320. The molecule has 1 amide bonds. The molecule has 0 spiro atoms. The van der Waals surface area contributed by atoms with Crippen LogP contribution in [0.3, 0.4) is 0 Å². The smallest absolute Gasteiger partial charge is 0.305 e. The molecular weight excluding hydrogens is 875 g/mol. The maximum atomic E-state index is 12.5. The Bertz CT molecular complexity index is 1060. The number of amides is 1. The molecule has 0 aliphatic rings. The maximum absolute atomic E-state index is 12.5. The van der Waals surface area contributed by atoms with Gasteiger partial charge in [0.15, 0.2) is 0 Å². The molecule has 0 fully saturated rings. The van der Waals surface area contributed by atoms with Crippen LogP contribution in [-0.4, -0.2) is 47.4 Å². The number of hydrogen-bond donors (Lipinski definition) is 3. The molecule has 6 heteroatoms. The molecule has 0 heterocycles. The standard InChI is InChI=1S/C65H127NO5/c1-3-5-7-9-11-13-15-17-19-21-23-24-25-26-27-29-30-32-34-37-41-45-49-53-57-63(68)62(61-67)66-64(69)58-54-50-46-42-38-36-40-44-48-52-56-60-71-65(70)59-55-51-47-43-39-35-33-31-28-22-20-18-16-14-12-10-8-6-4-2/h40,44,62-63,67-68H,3-39,41-43,45-61H2,1-2H3,(H,66,69)/b44-40-. The van der Waals surface area contributed by atoms with Gasteiger partial charge in [-0.15, -0.1) is 0 Å². The van der Waals surface area contributed by atoms with E-state index in [0.29, 0.717) is 25.9 Å². The van der Waals surface area contributed by atoms with E-state index in [1.807, 2.05) is 0 Å². The van der Waals surface area contributed by atoms with Crippen LogP contribution in [0, 0.1) is 0 Å². The topological polar surface area (TPSA) is 95.9 Å². The summed E-state index contributed by atoms with van der Waals surface area (Å²) in [6.07, 6.45) is 73.8. The molecule has 0 radical (unpaired) electrons. The van der Waals surface area contributed by atoms with Gasteiger partial charge in [-0.25, -0.2) is 0 Å². The number of unbranched alkanes of at least 4 members (excludes halogenated alkanes) is 48. The molecule has 0 aromatic rings. The zero-order valence-corrected chi connectivity index (χ0v) is 48.2. The van der Waals surface area contributed by atoms with Gasteiger partial charge >= 0.3 is 5.97 Å². The summed E-state index contributed by atoms with van der Waals surface area (Å²) in [7, 11) is 0. The molecule has 2 atom stereocenters. The number of ether oxygens (including phenoxy) is 1. The Labute approximate surface area is 444 Å². The lowest BCUT2D eigenvalue weighted by Crippen LogP contribution is -2.45. The molecular formula is C65H127NO5. The first kappa shape index (κ1) is 69.6. The summed E-state index contributed by atoms with van der Waals surface area (Å²) in [5.41, 5.74) is 0. The highest BCUT2D eigenvalue weighted by Crippen LogP contribution is 2.19. The van der Waals surface area contributed by atoms with Gasteiger partial charge in [-0.3, -0.25) is 9.59 Å². The summed E-state index contributed by atoms with van der Waals surface area (Å²) in [6.45, 7) is 4.92. The van der Waals surface area contributed by atoms with E-state index in [-0.39, 0.29) is 18.5 Å². The van der Waals surface area contributed by atoms with E-state index >= 15 is 0 Å². The number of rotatable bonds is 61. The predicted octanol–water partition coefficient (Wildman–Crippen LogP) is 20.4. The van der Waals surface area contributed by atoms with Crippen molar-refractivity contribution in [2.75, 3.05) is 13.2 Å². The number of carbonyl (C=O) groups excluding carboxylic acids is 2. The van der Waals surface area contributed by atoms with Crippen LogP contribution < -0.4 is 5.32 Å². The zero-order chi connectivity index (χ0) is 51.4. The van der Waals surface area contributed by atoms with Crippen LogP contribution in [-0.2, 0) is 14.3 Å². The molecule has 0 saturated carbocycles. The molecule has 2 unspecified atom stereocenters. The lowest BCUT2D eigenvalue weighted by Gasteiger charge is -2.22. The molecule has 3 N–H and O–H groups in total. The SMILES string of the molecule is CCCCCCCCCCCCCCCCCCCCCCCCCCC(O)C(CO)NC(=O)CCCCCCC/C=C\CCCCOC(=O)CCCCCCCCCCCCCCCCCCCCC. The highest BCUT2D eigenvalue weighted by atomic mass is 16.5.